The lowest BCUT2D eigenvalue weighted by Gasteiger charge is -2.49. The normalized spacial score (nSPS) is 24.7. The number of nitrogens with two attached hydrogens (primary N) is 1. The minimum atomic E-state index is -0.841. The second kappa shape index (κ2) is 6.79. The number of carbonyl (C=O) groups is 2. The van der Waals surface area contributed by atoms with Gasteiger partial charge in [0.1, 0.15) is 0 Å². The lowest BCUT2D eigenvalue weighted by molar-refractivity contribution is -0.145. The van der Waals surface area contributed by atoms with Gasteiger partial charge in [-0.2, -0.15) is 0 Å². The number of nitrogens with zero attached hydrogens (tertiary/aromatic N) is 2. The van der Waals surface area contributed by atoms with E-state index in [0.29, 0.717) is 19.5 Å². The Kier molecular flexibility index (Phi) is 4.87. The van der Waals surface area contributed by atoms with Gasteiger partial charge in [0.15, 0.2) is 0 Å². The monoisotopic (exact) mass is 343 g/mol. The number of hydrogen-bond donors (Lipinski definition) is 1. The zero-order chi connectivity index (χ0) is 18.1. The third-order valence-corrected chi connectivity index (χ3v) is 5.46. The summed E-state index contributed by atoms with van der Waals surface area (Å²) >= 11 is 0. The first kappa shape index (κ1) is 17.9. The van der Waals surface area contributed by atoms with Gasteiger partial charge in [-0.15, -0.1) is 0 Å². The van der Waals surface area contributed by atoms with Gasteiger partial charge in [-0.05, 0) is 38.7 Å². The summed E-state index contributed by atoms with van der Waals surface area (Å²) in [5.41, 5.74) is 6.35. The van der Waals surface area contributed by atoms with Crippen molar-refractivity contribution in [3.63, 3.8) is 0 Å². The molecule has 136 valence electrons. The van der Waals surface area contributed by atoms with Crippen molar-refractivity contribution in [1.29, 1.82) is 0 Å². The van der Waals surface area contributed by atoms with Crippen molar-refractivity contribution >= 4 is 11.8 Å². The van der Waals surface area contributed by atoms with Gasteiger partial charge >= 0.3 is 0 Å². The van der Waals surface area contributed by atoms with E-state index in [1.54, 1.807) is 13.8 Å². The summed E-state index contributed by atoms with van der Waals surface area (Å²) in [4.78, 5) is 28.9. The van der Waals surface area contributed by atoms with Gasteiger partial charge in [-0.1, -0.05) is 30.3 Å². The average Bonchev–Trinajstić information content (AvgIpc) is 2.58. The second-order valence-electron chi connectivity index (χ2n) is 8.29. The van der Waals surface area contributed by atoms with E-state index >= 15 is 0 Å². The first-order valence-electron chi connectivity index (χ1n) is 9.19. The summed E-state index contributed by atoms with van der Waals surface area (Å²) in [6, 6.07) is 10.1. The third-order valence-electron chi connectivity index (χ3n) is 5.46. The summed E-state index contributed by atoms with van der Waals surface area (Å²) in [5.74, 6) is 0.232. The van der Waals surface area contributed by atoms with Crippen LogP contribution in [-0.4, -0.2) is 46.8 Å². The Morgan fingerprint density at radius 1 is 1.20 bits per heavy atom. The van der Waals surface area contributed by atoms with Crippen molar-refractivity contribution < 1.29 is 9.59 Å². The summed E-state index contributed by atoms with van der Waals surface area (Å²) in [7, 11) is 0. The molecule has 1 spiro atoms. The van der Waals surface area contributed by atoms with E-state index in [0.717, 1.165) is 37.9 Å². The number of likely N-dealkylation sites (tertiary alicyclic amines) is 2. The molecule has 2 aliphatic heterocycles. The largest absolute Gasteiger partial charge is 0.340 e. The minimum Gasteiger partial charge on any atom is -0.340 e. The van der Waals surface area contributed by atoms with E-state index in [4.69, 9.17) is 5.73 Å². The van der Waals surface area contributed by atoms with Gasteiger partial charge < -0.3 is 15.5 Å². The molecule has 2 aliphatic rings. The number of carbonyl (C=O) groups excluding carboxylic acids is 2. The van der Waals surface area contributed by atoms with Crippen LogP contribution in [0.25, 0.3) is 0 Å². The van der Waals surface area contributed by atoms with Crippen molar-refractivity contribution in [2.75, 3.05) is 19.6 Å². The molecule has 0 bridgehead atoms. The van der Waals surface area contributed by atoms with Crippen LogP contribution in [0.1, 0.15) is 45.1 Å². The standard InChI is InChI=1S/C20H29N3O2/c1-19(2,21)18(25)22-12-6-10-20(14-22)11-9-17(24)23(15-20)13-16-7-4-3-5-8-16/h3-5,7-8H,6,9-15,21H2,1-2H3/t20-/m0/s1. The van der Waals surface area contributed by atoms with Crippen LogP contribution in [0.3, 0.4) is 0 Å². The topological polar surface area (TPSA) is 66.6 Å². The maximum absolute atomic E-state index is 12.6. The Labute approximate surface area is 150 Å². The number of amides is 2. The molecule has 2 N–H and O–H groups in total. The van der Waals surface area contributed by atoms with Gasteiger partial charge in [0.2, 0.25) is 11.8 Å². The molecule has 2 saturated heterocycles. The van der Waals surface area contributed by atoms with Crippen LogP contribution in [0.2, 0.25) is 0 Å². The Bertz CT molecular complexity index is 638. The van der Waals surface area contributed by atoms with E-state index in [2.05, 4.69) is 12.1 Å². The van der Waals surface area contributed by atoms with Crippen LogP contribution in [0.4, 0.5) is 0 Å². The smallest absolute Gasteiger partial charge is 0.242 e. The third kappa shape index (κ3) is 4.03. The zero-order valence-electron chi connectivity index (χ0n) is 15.3. The van der Waals surface area contributed by atoms with Crippen LogP contribution < -0.4 is 5.73 Å². The van der Waals surface area contributed by atoms with Gasteiger partial charge in [0, 0.05) is 38.0 Å². The molecule has 2 heterocycles. The maximum atomic E-state index is 12.6. The van der Waals surface area contributed by atoms with E-state index in [1.165, 1.54) is 0 Å². The molecule has 0 radical (unpaired) electrons. The number of rotatable bonds is 3. The first-order valence-corrected chi connectivity index (χ1v) is 9.19. The Balaban J connectivity index is 1.72. The highest BCUT2D eigenvalue weighted by Gasteiger charge is 2.44. The van der Waals surface area contributed by atoms with Crippen molar-refractivity contribution in [1.82, 2.24) is 9.80 Å². The van der Waals surface area contributed by atoms with E-state index in [9.17, 15) is 9.59 Å². The van der Waals surface area contributed by atoms with Crippen molar-refractivity contribution in [3.8, 4) is 0 Å². The summed E-state index contributed by atoms with van der Waals surface area (Å²) in [5, 5.41) is 0. The molecule has 0 saturated carbocycles. The number of hydrogen-bond acceptors (Lipinski definition) is 3. The molecule has 5 nitrogen and oxygen atoms in total. The number of piperidine rings is 2. The molecule has 0 unspecified atom stereocenters. The van der Waals surface area contributed by atoms with Crippen LogP contribution >= 0.6 is 0 Å². The molecule has 2 amide bonds. The lowest BCUT2D eigenvalue weighted by atomic mass is 9.73. The SMILES string of the molecule is CC(C)(N)C(=O)N1CCC[C@]2(CCC(=O)N(Cc3ccccc3)C2)C1. The maximum Gasteiger partial charge on any atom is 0.242 e. The predicted molar refractivity (Wildman–Crippen MR) is 97.6 cm³/mol. The van der Waals surface area contributed by atoms with Crippen LogP contribution in [0.15, 0.2) is 30.3 Å². The quantitative estimate of drug-likeness (QED) is 0.914. The number of benzene rings is 1. The molecule has 25 heavy (non-hydrogen) atoms. The Morgan fingerprint density at radius 2 is 1.92 bits per heavy atom. The fourth-order valence-electron chi connectivity index (χ4n) is 4.17. The molecule has 0 aliphatic carbocycles. The lowest BCUT2D eigenvalue weighted by Crippen LogP contribution is -2.59. The molecule has 0 aromatic heterocycles. The van der Waals surface area contributed by atoms with E-state index in [-0.39, 0.29) is 17.2 Å². The van der Waals surface area contributed by atoms with Gasteiger partial charge in [-0.3, -0.25) is 9.59 Å². The van der Waals surface area contributed by atoms with E-state index < -0.39 is 5.54 Å². The van der Waals surface area contributed by atoms with Crippen LogP contribution in [0, 0.1) is 5.41 Å². The fourth-order valence-corrected chi connectivity index (χ4v) is 4.17. The van der Waals surface area contributed by atoms with Crippen LogP contribution in [0.5, 0.6) is 0 Å². The molecular weight excluding hydrogens is 314 g/mol. The highest BCUT2D eigenvalue weighted by molar-refractivity contribution is 5.85. The molecule has 1 aromatic carbocycles. The zero-order valence-corrected chi connectivity index (χ0v) is 15.3. The fraction of sp³-hybridized carbons (Fsp3) is 0.600. The Hall–Kier alpha value is -1.88. The van der Waals surface area contributed by atoms with Gasteiger partial charge in [0.05, 0.1) is 5.54 Å². The van der Waals surface area contributed by atoms with Gasteiger partial charge in [0.25, 0.3) is 0 Å². The van der Waals surface area contributed by atoms with Crippen molar-refractivity contribution in [3.05, 3.63) is 35.9 Å². The average molecular weight is 343 g/mol. The molecule has 1 atom stereocenters. The summed E-state index contributed by atoms with van der Waals surface area (Å²) in [6.07, 6.45) is 3.49. The highest BCUT2D eigenvalue weighted by Crippen LogP contribution is 2.39. The predicted octanol–water partition coefficient (Wildman–Crippen LogP) is 2.16. The van der Waals surface area contributed by atoms with Crippen LogP contribution in [-0.2, 0) is 16.1 Å². The molecule has 1 aromatic rings. The highest BCUT2D eigenvalue weighted by atomic mass is 16.2. The first-order chi connectivity index (χ1) is 11.8. The van der Waals surface area contributed by atoms with Crippen molar-refractivity contribution in [2.24, 2.45) is 11.1 Å². The summed E-state index contributed by atoms with van der Waals surface area (Å²) in [6.45, 7) is 6.40. The second-order valence-corrected chi connectivity index (χ2v) is 8.29. The molecule has 2 fully saturated rings. The molecule has 5 heteroatoms. The molecular formula is C20H29N3O2. The minimum absolute atomic E-state index is 0.0121. The van der Waals surface area contributed by atoms with Gasteiger partial charge in [-0.25, -0.2) is 0 Å². The molecule has 3 rings (SSSR count). The summed E-state index contributed by atoms with van der Waals surface area (Å²) < 4.78 is 0. The van der Waals surface area contributed by atoms with Crippen molar-refractivity contribution in [2.45, 2.75) is 51.6 Å². The Morgan fingerprint density at radius 3 is 2.60 bits per heavy atom. The van der Waals surface area contributed by atoms with E-state index in [1.807, 2.05) is 28.0 Å².